The number of ketones is 1. The van der Waals surface area contributed by atoms with Crippen molar-refractivity contribution < 1.29 is 18.0 Å². The maximum absolute atomic E-state index is 13.3. The third-order valence-corrected chi connectivity index (χ3v) is 6.77. The monoisotopic (exact) mass is 526 g/mol. The topological polar surface area (TPSA) is 117 Å². The number of aromatic nitrogens is 1. The van der Waals surface area contributed by atoms with Crippen LogP contribution in [0.4, 0.5) is 16.2 Å². The Kier molecular flexibility index (Phi) is 7.48. The van der Waals surface area contributed by atoms with E-state index in [-0.39, 0.29) is 31.9 Å². The van der Waals surface area contributed by atoms with Crippen LogP contribution in [0, 0.1) is 6.92 Å². The van der Waals surface area contributed by atoms with Crippen molar-refractivity contribution in [1.82, 2.24) is 10.3 Å². The smallest absolute Gasteiger partial charge is 0.318 e. The largest absolute Gasteiger partial charge is 0.341 e. The molecule has 33 heavy (non-hydrogen) atoms. The summed E-state index contributed by atoms with van der Waals surface area (Å²) in [7, 11) is -2.66. The van der Waals surface area contributed by atoms with Crippen LogP contribution in [0.1, 0.15) is 21.6 Å². The predicted molar refractivity (Wildman–Crippen MR) is 129 cm³/mol. The molecule has 8 nitrogen and oxygen atoms in total. The van der Waals surface area contributed by atoms with Crippen LogP contribution in [0.5, 0.6) is 0 Å². The average Bonchev–Trinajstić information content (AvgIpc) is 2.76. The number of hydrogen-bond acceptors (Lipinski definition) is 5. The van der Waals surface area contributed by atoms with E-state index in [1.165, 1.54) is 55.7 Å². The van der Waals surface area contributed by atoms with Crippen LogP contribution in [-0.4, -0.2) is 32.3 Å². The van der Waals surface area contributed by atoms with E-state index in [0.29, 0.717) is 16.3 Å². The number of halogens is 3. The highest BCUT2D eigenvalue weighted by atomic mass is 35.5. The summed E-state index contributed by atoms with van der Waals surface area (Å²) in [5.41, 5.74) is 0.499. The summed E-state index contributed by atoms with van der Waals surface area (Å²) >= 11 is 18.2. The van der Waals surface area contributed by atoms with Crippen molar-refractivity contribution >= 4 is 68.0 Å². The molecule has 0 spiro atoms. The molecule has 1 heterocycles. The van der Waals surface area contributed by atoms with Gasteiger partial charge in [0.05, 0.1) is 20.6 Å². The summed E-state index contributed by atoms with van der Waals surface area (Å²) in [6, 6.07) is 9.26. The Morgan fingerprint density at radius 3 is 2.33 bits per heavy atom. The van der Waals surface area contributed by atoms with Crippen LogP contribution in [0.3, 0.4) is 0 Å². The predicted octanol–water partition coefficient (Wildman–Crippen LogP) is 5.13. The van der Waals surface area contributed by atoms with Gasteiger partial charge in [-0.15, -0.1) is 0 Å². The van der Waals surface area contributed by atoms with E-state index in [9.17, 15) is 18.0 Å². The normalized spacial score (nSPS) is 11.1. The van der Waals surface area contributed by atoms with Crippen molar-refractivity contribution in [3.63, 3.8) is 0 Å². The van der Waals surface area contributed by atoms with Gasteiger partial charge in [-0.25, -0.2) is 18.2 Å². The summed E-state index contributed by atoms with van der Waals surface area (Å²) in [5.74, 6) is -0.679. The van der Waals surface area contributed by atoms with Crippen molar-refractivity contribution in [2.24, 2.45) is 0 Å². The zero-order valence-electron chi connectivity index (χ0n) is 17.2. The standard InChI is InChI=1S/C21H17Cl3N4O4S/c1-11-7-14(4-6-16(11)23)33(31,32)28-18-8-12(22)10-26-19(18)20(29)15-9-13(3-5-17(15)24)27-21(30)25-2/h3-10,28H,1-2H3,(H2,25,27,30). The van der Waals surface area contributed by atoms with E-state index in [1.54, 1.807) is 6.92 Å². The number of carbonyl (C=O) groups excluding carboxylic acids is 2. The number of rotatable bonds is 6. The maximum atomic E-state index is 13.3. The minimum absolute atomic E-state index is 0.00294. The van der Waals surface area contributed by atoms with E-state index in [0.717, 1.165) is 0 Å². The third-order valence-electron chi connectivity index (χ3n) is 4.45. The molecule has 0 fully saturated rings. The van der Waals surface area contributed by atoms with Gasteiger partial charge in [-0.1, -0.05) is 34.8 Å². The number of anilines is 2. The molecule has 1 aromatic heterocycles. The second-order valence-corrected chi connectivity index (χ2v) is 9.73. The number of nitrogens with one attached hydrogen (secondary N) is 3. The fraction of sp³-hybridized carbons (Fsp3) is 0.0952. The Bertz CT molecular complexity index is 1360. The summed E-state index contributed by atoms with van der Waals surface area (Å²) < 4.78 is 28.2. The average molecular weight is 528 g/mol. The van der Waals surface area contributed by atoms with Crippen LogP contribution in [0.25, 0.3) is 0 Å². The van der Waals surface area contributed by atoms with Gasteiger partial charge in [0.2, 0.25) is 5.78 Å². The Morgan fingerprint density at radius 1 is 0.970 bits per heavy atom. The van der Waals surface area contributed by atoms with Gasteiger partial charge in [-0.2, -0.15) is 0 Å². The number of carbonyl (C=O) groups is 2. The lowest BCUT2D eigenvalue weighted by atomic mass is 10.1. The first-order valence-electron chi connectivity index (χ1n) is 9.29. The number of hydrogen-bond donors (Lipinski definition) is 3. The van der Waals surface area contributed by atoms with E-state index >= 15 is 0 Å². The van der Waals surface area contributed by atoms with Gasteiger partial charge >= 0.3 is 6.03 Å². The fourth-order valence-electron chi connectivity index (χ4n) is 2.78. The number of sulfonamides is 1. The molecule has 3 N–H and O–H groups in total. The summed E-state index contributed by atoms with van der Waals surface area (Å²) in [6.45, 7) is 1.67. The highest BCUT2D eigenvalue weighted by Gasteiger charge is 2.23. The molecule has 0 unspecified atom stereocenters. The zero-order chi connectivity index (χ0) is 24.3. The van der Waals surface area contributed by atoms with Gasteiger partial charge < -0.3 is 10.6 Å². The Morgan fingerprint density at radius 2 is 1.67 bits per heavy atom. The van der Waals surface area contributed by atoms with Crippen molar-refractivity contribution in [1.29, 1.82) is 0 Å². The van der Waals surface area contributed by atoms with E-state index in [1.807, 2.05) is 0 Å². The van der Waals surface area contributed by atoms with Gasteiger partial charge in [0.1, 0.15) is 5.69 Å². The molecule has 172 valence electrons. The minimum Gasteiger partial charge on any atom is -0.341 e. The Balaban J connectivity index is 2.02. The molecule has 0 saturated heterocycles. The fourth-order valence-corrected chi connectivity index (χ4v) is 4.41. The summed E-state index contributed by atoms with van der Waals surface area (Å²) in [4.78, 5) is 28.8. The quantitative estimate of drug-likeness (QED) is 0.384. The van der Waals surface area contributed by atoms with Crippen molar-refractivity contribution in [2.45, 2.75) is 11.8 Å². The lowest BCUT2D eigenvalue weighted by molar-refractivity contribution is 0.103. The van der Waals surface area contributed by atoms with Gasteiger partial charge in [0.25, 0.3) is 10.0 Å². The second-order valence-electron chi connectivity index (χ2n) is 6.79. The van der Waals surface area contributed by atoms with Crippen molar-refractivity contribution in [3.05, 3.63) is 80.6 Å². The lowest BCUT2D eigenvalue weighted by Gasteiger charge is -2.14. The first-order chi connectivity index (χ1) is 15.5. The molecule has 3 aromatic rings. The molecule has 3 rings (SSSR count). The Labute approximate surface area is 205 Å². The van der Waals surface area contributed by atoms with Gasteiger partial charge in [-0.05, 0) is 55.0 Å². The molecular weight excluding hydrogens is 511 g/mol. The third kappa shape index (κ3) is 5.75. The molecule has 2 aromatic carbocycles. The molecule has 0 radical (unpaired) electrons. The number of urea groups is 1. The van der Waals surface area contributed by atoms with Crippen LogP contribution in [0.15, 0.2) is 53.6 Å². The molecule has 2 amide bonds. The number of aryl methyl sites for hydroxylation is 1. The highest BCUT2D eigenvalue weighted by Crippen LogP contribution is 2.29. The van der Waals surface area contributed by atoms with Crippen molar-refractivity contribution in [3.8, 4) is 0 Å². The maximum Gasteiger partial charge on any atom is 0.318 e. The van der Waals surface area contributed by atoms with Crippen LogP contribution in [0.2, 0.25) is 15.1 Å². The number of nitrogens with zero attached hydrogens (tertiary/aromatic N) is 1. The molecular formula is C21H17Cl3N4O4S. The van der Waals surface area contributed by atoms with Crippen LogP contribution in [-0.2, 0) is 10.0 Å². The summed E-state index contributed by atoms with van der Waals surface area (Å²) in [5, 5.41) is 5.53. The van der Waals surface area contributed by atoms with Crippen molar-refractivity contribution in [2.75, 3.05) is 17.1 Å². The molecule has 0 bridgehead atoms. The van der Waals surface area contributed by atoms with E-state index in [2.05, 4.69) is 20.3 Å². The first-order valence-corrected chi connectivity index (χ1v) is 11.9. The Hall–Kier alpha value is -2.85. The molecule has 12 heteroatoms. The van der Waals surface area contributed by atoms with Gasteiger partial charge in [0, 0.05) is 29.5 Å². The zero-order valence-corrected chi connectivity index (χ0v) is 20.3. The summed E-state index contributed by atoms with van der Waals surface area (Å²) in [6.07, 6.45) is 1.21. The van der Waals surface area contributed by atoms with Gasteiger partial charge in [-0.3, -0.25) is 9.52 Å². The molecule has 0 atom stereocenters. The van der Waals surface area contributed by atoms with Gasteiger partial charge in [0.15, 0.2) is 0 Å². The van der Waals surface area contributed by atoms with Crippen LogP contribution < -0.4 is 15.4 Å². The lowest BCUT2D eigenvalue weighted by Crippen LogP contribution is -2.24. The molecule has 0 aliphatic heterocycles. The first kappa shape index (κ1) is 24.8. The molecule has 0 saturated carbocycles. The second kappa shape index (κ2) is 9.96. The molecule has 0 aliphatic carbocycles. The SMILES string of the molecule is CNC(=O)Nc1ccc(Cl)c(C(=O)c2ncc(Cl)cc2NS(=O)(=O)c2ccc(Cl)c(C)c2)c1. The highest BCUT2D eigenvalue weighted by molar-refractivity contribution is 7.92. The van der Waals surface area contributed by atoms with E-state index < -0.39 is 21.8 Å². The molecule has 0 aliphatic rings. The number of pyridine rings is 1. The van der Waals surface area contributed by atoms with E-state index in [4.69, 9.17) is 34.8 Å². The van der Waals surface area contributed by atoms with Crippen LogP contribution >= 0.6 is 34.8 Å². The number of amides is 2. The minimum atomic E-state index is -4.10. The number of benzene rings is 2.